The van der Waals surface area contributed by atoms with Crippen molar-refractivity contribution in [3.8, 4) is 0 Å². The van der Waals surface area contributed by atoms with Crippen LogP contribution in [0.25, 0.3) is 0 Å². The molecule has 0 amide bonds. The van der Waals surface area contributed by atoms with Crippen molar-refractivity contribution in [3.63, 3.8) is 0 Å². The van der Waals surface area contributed by atoms with Crippen LogP contribution in [0.4, 0.5) is 0 Å². The molecule has 2 nitrogen and oxygen atoms in total. The average molecular weight is 263 g/mol. The molecule has 0 aromatic rings. The molecule has 0 heterocycles. The molecule has 0 rings (SSSR count). The molecule has 1 atom stereocenters. The standard InChI is InChI=1S/CH5NOS.W/c1-4(2)3;/h2H2,1H3;. The van der Waals surface area contributed by atoms with Crippen LogP contribution in [-0.4, -0.2) is 10.5 Å². The van der Waals surface area contributed by atoms with E-state index in [0.717, 1.165) is 18.0 Å². The third-order valence-electron chi connectivity index (χ3n) is 0. The molecule has 4 heteroatoms. The van der Waals surface area contributed by atoms with E-state index in [1.807, 2.05) is 0 Å². The predicted octanol–water partition coefficient (Wildman–Crippen LogP) is -0.764. The van der Waals surface area contributed by atoms with Crippen molar-refractivity contribution in [2.75, 3.05) is 6.26 Å². The number of nitrogens with two attached hydrogens (primary N) is 1. The molecular weight excluding hydrogens is 258 g/mol. The third kappa shape index (κ3) is 59.0. The SMILES string of the molecule is C[S](N)(=O)=[W]. The second-order valence-electron chi connectivity index (χ2n) is 0.830. The number of hydrogen-bond donors (Lipinski definition) is 1. The van der Waals surface area contributed by atoms with E-state index in [4.69, 9.17) is 5.14 Å². The monoisotopic (exact) mass is 263 g/mol. The summed E-state index contributed by atoms with van der Waals surface area (Å²) in [5.41, 5.74) is 0. The van der Waals surface area contributed by atoms with Crippen molar-refractivity contribution < 1.29 is 22.2 Å². The molecule has 32 valence electrons. The Balaban J connectivity index is 4.06. The van der Waals surface area contributed by atoms with Gasteiger partial charge in [0.05, 0.1) is 0 Å². The molecule has 5 heavy (non-hydrogen) atoms. The Morgan fingerprint density at radius 2 is 2.00 bits per heavy atom. The van der Waals surface area contributed by atoms with Crippen molar-refractivity contribution in [1.82, 2.24) is 0 Å². The van der Waals surface area contributed by atoms with E-state index >= 15 is 0 Å². The van der Waals surface area contributed by atoms with Crippen LogP contribution in [-0.2, 0) is 25.3 Å². The zero-order chi connectivity index (χ0) is 4.50. The molecule has 0 spiro atoms. The maximum atomic E-state index is 10.0. The Hall–Kier alpha value is 0.798. The summed E-state index contributed by atoms with van der Waals surface area (Å²) in [4.78, 5) is 0. The fraction of sp³-hybridized carbons (Fsp3) is 1.00. The third-order valence-corrected chi connectivity index (χ3v) is 0. The molecule has 0 fully saturated rings. The summed E-state index contributed by atoms with van der Waals surface area (Å²) in [5, 5.41) is 4.92. The number of hydrogen-bond acceptors (Lipinski definition) is 1. The van der Waals surface area contributed by atoms with Gasteiger partial charge in [0.2, 0.25) is 0 Å². The molecule has 0 bridgehead atoms. The van der Waals surface area contributed by atoms with Gasteiger partial charge >= 0.3 is 40.9 Å². The molecule has 0 aliphatic carbocycles. The fourth-order valence-electron chi connectivity index (χ4n) is 0. The van der Waals surface area contributed by atoms with Crippen LogP contribution < -0.4 is 5.14 Å². The number of rotatable bonds is 0. The van der Waals surface area contributed by atoms with Crippen molar-refractivity contribution in [2.24, 2.45) is 5.14 Å². The first-order valence-electron chi connectivity index (χ1n) is 0.977. The molecule has 0 saturated heterocycles. The zero-order valence-electron chi connectivity index (χ0n) is 2.80. The van der Waals surface area contributed by atoms with E-state index in [2.05, 4.69) is 0 Å². The molecular formula is CH5NOSW. The van der Waals surface area contributed by atoms with E-state index in [1.54, 1.807) is 0 Å². The van der Waals surface area contributed by atoms with Crippen LogP contribution >= 0.6 is 0 Å². The Labute approximate surface area is 41.2 Å². The predicted molar refractivity (Wildman–Crippen MR) is 18.3 cm³/mol. The van der Waals surface area contributed by atoms with Gasteiger partial charge in [-0.2, -0.15) is 0 Å². The van der Waals surface area contributed by atoms with Gasteiger partial charge in [0.25, 0.3) is 0 Å². The van der Waals surface area contributed by atoms with Gasteiger partial charge < -0.3 is 0 Å². The molecule has 0 aromatic heterocycles. The molecule has 0 aromatic carbocycles. The Morgan fingerprint density at radius 1 is 2.00 bits per heavy atom. The fourth-order valence-corrected chi connectivity index (χ4v) is 0. The summed E-state index contributed by atoms with van der Waals surface area (Å²) in [6.07, 6.45) is 1.53. The minimum absolute atomic E-state index is 0.965. The van der Waals surface area contributed by atoms with Gasteiger partial charge in [-0.25, -0.2) is 0 Å². The summed E-state index contributed by atoms with van der Waals surface area (Å²) in [7, 11) is -1.83. The second kappa shape index (κ2) is 1.50. The molecule has 0 radical (unpaired) electrons. The van der Waals surface area contributed by atoms with Gasteiger partial charge in [-0.05, 0) is 0 Å². The summed E-state index contributed by atoms with van der Waals surface area (Å²) in [5.74, 6) is 0. The van der Waals surface area contributed by atoms with E-state index in [-0.39, 0.29) is 0 Å². The van der Waals surface area contributed by atoms with Gasteiger partial charge in [-0.3, -0.25) is 0 Å². The summed E-state index contributed by atoms with van der Waals surface area (Å²) < 4.78 is 10.0. The Kier molecular flexibility index (Phi) is 1.74. The van der Waals surface area contributed by atoms with E-state index < -0.39 is 7.31 Å². The first kappa shape index (κ1) is 5.80. The zero-order valence-corrected chi connectivity index (χ0v) is 6.55. The van der Waals surface area contributed by atoms with Gasteiger partial charge in [0.15, 0.2) is 0 Å². The van der Waals surface area contributed by atoms with Gasteiger partial charge in [-0.1, -0.05) is 0 Å². The van der Waals surface area contributed by atoms with Crippen molar-refractivity contribution in [3.05, 3.63) is 0 Å². The van der Waals surface area contributed by atoms with E-state index in [9.17, 15) is 4.21 Å². The van der Waals surface area contributed by atoms with Crippen LogP contribution in [0, 0.1) is 0 Å². The van der Waals surface area contributed by atoms with Crippen molar-refractivity contribution in [2.45, 2.75) is 0 Å². The van der Waals surface area contributed by atoms with Crippen LogP contribution in [0.1, 0.15) is 0 Å². The first-order chi connectivity index (χ1) is 2.00. The molecule has 0 aliphatic rings. The molecule has 2 N–H and O–H groups in total. The summed E-state index contributed by atoms with van der Waals surface area (Å²) in [6, 6.07) is 0. The second-order valence-corrected chi connectivity index (χ2v) is 9.62. The minimum atomic E-state index is -1.83. The topological polar surface area (TPSA) is 43.1 Å². The van der Waals surface area contributed by atoms with Crippen LogP contribution in [0.3, 0.4) is 0 Å². The normalized spacial score (nSPS) is 21.2. The maximum absolute atomic E-state index is 10.0. The van der Waals surface area contributed by atoms with Crippen LogP contribution in [0.2, 0.25) is 0 Å². The molecule has 1 unspecified atom stereocenters. The van der Waals surface area contributed by atoms with Crippen LogP contribution in [0.15, 0.2) is 0 Å². The van der Waals surface area contributed by atoms with E-state index in [1.165, 1.54) is 6.26 Å². The summed E-state index contributed by atoms with van der Waals surface area (Å²) >= 11 is 0.965. The Morgan fingerprint density at radius 3 is 2.00 bits per heavy atom. The summed E-state index contributed by atoms with van der Waals surface area (Å²) in [6.45, 7) is 0. The quantitative estimate of drug-likeness (QED) is 0.613. The molecule has 0 aliphatic heterocycles. The molecule has 0 saturated carbocycles. The Bertz CT molecular complexity index is 94.8. The average Bonchev–Trinajstić information content (AvgIpc) is 0.722. The van der Waals surface area contributed by atoms with Crippen LogP contribution in [0.5, 0.6) is 0 Å². The first-order valence-corrected chi connectivity index (χ1v) is 6.52. The van der Waals surface area contributed by atoms with Gasteiger partial charge in [0, 0.05) is 0 Å². The van der Waals surface area contributed by atoms with Crippen molar-refractivity contribution in [1.29, 1.82) is 0 Å². The van der Waals surface area contributed by atoms with Crippen molar-refractivity contribution >= 4 is 7.31 Å². The van der Waals surface area contributed by atoms with Gasteiger partial charge in [0.1, 0.15) is 0 Å². The van der Waals surface area contributed by atoms with E-state index in [0.29, 0.717) is 0 Å². The van der Waals surface area contributed by atoms with Gasteiger partial charge in [-0.15, -0.1) is 0 Å².